The van der Waals surface area contributed by atoms with Crippen LogP contribution in [0.25, 0.3) is 5.69 Å². The Kier molecular flexibility index (Phi) is 3.55. The summed E-state index contributed by atoms with van der Waals surface area (Å²) in [6.07, 6.45) is 5.50. The normalized spacial score (nSPS) is 22.3. The summed E-state index contributed by atoms with van der Waals surface area (Å²) in [7, 11) is 0. The van der Waals surface area contributed by atoms with E-state index in [1.165, 1.54) is 0 Å². The van der Waals surface area contributed by atoms with Crippen molar-refractivity contribution in [2.75, 3.05) is 13.1 Å². The Morgan fingerprint density at radius 3 is 2.71 bits per heavy atom. The summed E-state index contributed by atoms with van der Waals surface area (Å²) in [5.41, 5.74) is 0.861. The van der Waals surface area contributed by atoms with E-state index in [4.69, 9.17) is 0 Å². The van der Waals surface area contributed by atoms with Crippen molar-refractivity contribution in [2.45, 2.75) is 25.4 Å². The summed E-state index contributed by atoms with van der Waals surface area (Å²) in [5.74, 6) is -0.0102. The molecule has 1 unspecified atom stereocenters. The average molecular weight is 284 g/mol. The van der Waals surface area contributed by atoms with Gasteiger partial charge < -0.3 is 14.6 Å². The maximum Gasteiger partial charge on any atom is 0.254 e. The van der Waals surface area contributed by atoms with Crippen LogP contribution < -0.4 is 0 Å². The molecule has 1 fully saturated rings. The van der Waals surface area contributed by atoms with Gasteiger partial charge >= 0.3 is 0 Å². The molecule has 1 amide bonds. The lowest BCUT2D eigenvalue weighted by Gasteiger charge is -2.36. The standard InChI is InChI=1S/C17H20N2O2/c1-17(21)8-5-11-19(13-17)16(20)14-6-4-7-15(12-14)18-9-2-3-10-18/h2-4,6-7,9-10,12,21H,5,8,11,13H2,1H3. The number of hydrogen-bond donors (Lipinski definition) is 1. The number of carbonyl (C=O) groups excluding carboxylic acids is 1. The lowest BCUT2D eigenvalue weighted by atomic mass is 9.94. The molecule has 1 aromatic heterocycles. The second kappa shape index (κ2) is 5.37. The van der Waals surface area contributed by atoms with Crippen molar-refractivity contribution < 1.29 is 9.90 Å². The Hall–Kier alpha value is -2.07. The fourth-order valence-corrected chi connectivity index (χ4v) is 2.88. The molecule has 110 valence electrons. The van der Waals surface area contributed by atoms with E-state index in [0.29, 0.717) is 18.7 Å². The Morgan fingerprint density at radius 2 is 2.00 bits per heavy atom. The van der Waals surface area contributed by atoms with Crippen molar-refractivity contribution in [3.63, 3.8) is 0 Å². The number of amides is 1. The number of benzene rings is 1. The van der Waals surface area contributed by atoms with Crippen LogP contribution in [0.1, 0.15) is 30.1 Å². The summed E-state index contributed by atoms with van der Waals surface area (Å²) in [6, 6.07) is 11.5. The van der Waals surface area contributed by atoms with Gasteiger partial charge in [0, 0.05) is 36.7 Å². The zero-order chi connectivity index (χ0) is 14.9. The number of aromatic nitrogens is 1. The van der Waals surface area contributed by atoms with Gasteiger partial charge in [-0.15, -0.1) is 0 Å². The lowest BCUT2D eigenvalue weighted by molar-refractivity contribution is -0.0107. The summed E-state index contributed by atoms with van der Waals surface area (Å²) < 4.78 is 1.98. The molecule has 1 atom stereocenters. The van der Waals surface area contributed by atoms with Crippen molar-refractivity contribution in [1.29, 1.82) is 0 Å². The molecule has 3 rings (SSSR count). The first-order valence-corrected chi connectivity index (χ1v) is 7.30. The maximum atomic E-state index is 12.6. The molecule has 1 saturated heterocycles. The first-order chi connectivity index (χ1) is 10.1. The maximum absolute atomic E-state index is 12.6. The highest BCUT2D eigenvalue weighted by Gasteiger charge is 2.31. The number of likely N-dealkylation sites (tertiary alicyclic amines) is 1. The minimum Gasteiger partial charge on any atom is -0.388 e. The fourth-order valence-electron chi connectivity index (χ4n) is 2.88. The topological polar surface area (TPSA) is 45.5 Å². The average Bonchev–Trinajstić information content (AvgIpc) is 3.00. The van der Waals surface area contributed by atoms with Gasteiger partial charge in [-0.05, 0) is 50.1 Å². The van der Waals surface area contributed by atoms with Crippen LogP contribution in [0.4, 0.5) is 0 Å². The number of piperidine rings is 1. The Balaban J connectivity index is 1.83. The number of β-amino-alcohol motifs (C(OH)–C–C–N with tert-alkyl or cyclic N) is 1. The van der Waals surface area contributed by atoms with Gasteiger partial charge in [0.2, 0.25) is 0 Å². The lowest BCUT2D eigenvalue weighted by Crippen LogP contribution is -2.48. The first-order valence-electron chi connectivity index (χ1n) is 7.30. The van der Waals surface area contributed by atoms with Crippen LogP contribution in [0.3, 0.4) is 0 Å². The van der Waals surface area contributed by atoms with E-state index in [9.17, 15) is 9.90 Å². The van der Waals surface area contributed by atoms with Crippen LogP contribution in [0, 0.1) is 0 Å². The van der Waals surface area contributed by atoms with Crippen molar-refractivity contribution in [3.05, 3.63) is 54.4 Å². The number of rotatable bonds is 2. The third-order valence-corrected chi connectivity index (χ3v) is 3.96. The van der Waals surface area contributed by atoms with Gasteiger partial charge in [0.25, 0.3) is 5.91 Å². The quantitative estimate of drug-likeness (QED) is 0.920. The Morgan fingerprint density at radius 1 is 1.24 bits per heavy atom. The van der Waals surface area contributed by atoms with Crippen molar-refractivity contribution in [1.82, 2.24) is 9.47 Å². The second-order valence-electron chi connectivity index (χ2n) is 5.97. The Bertz CT molecular complexity index is 632. The molecule has 1 aromatic carbocycles. The number of aliphatic hydroxyl groups is 1. The van der Waals surface area contributed by atoms with Crippen LogP contribution in [-0.4, -0.2) is 39.2 Å². The van der Waals surface area contributed by atoms with Crippen LogP contribution in [-0.2, 0) is 0 Å². The smallest absolute Gasteiger partial charge is 0.254 e. The summed E-state index contributed by atoms with van der Waals surface area (Å²) in [5, 5.41) is 10.1. The minimum absolute atomic E-state index is 0.0102. The van der Waals surface area contributed by atoms with Gasteiger partial charge in [-0.25, -0.2) is 0 Å². The van der Waals surface area contributed by atoms with Crippen molar-refractivity contribution in [2.24, 2.45) is 0 Å². The highest BCUT2D eigenvalue weighted by Crippen LogP contribution is 2.22. The first kappa shape index (κ1) is 13.9. The molecule has 4 heteroatoms. The van der Waals surface area contributed by atoms with Crippen molar-refractivity contribution in [3.8, 4) is 5.69 Å². The van der Waals surface area contributed by atoms with Gasteiger partial charge in [0.15, 0.2) is 0 Å². The molecule has 1 aliphatic rings. The Labute approximate surface area is 124 Å². The number of carbonyl (C=O) groups is 1. The molecule has 0 bridgehead atoms. The zero-order valence-corrected chi connectivity index (χ0v) is 12.2. The molecule has 2 aromatic rings. The predicted octanol–water partition coefficient (Wildman–Crippen LogP) is 2.46. The van der Waals surface area contributed by atoms with Gasteiger partial charge in [-0.2, -0.15) is 0 Å². The van der Waals surface area contributed by atoms with E-state index < -0.39 is 5.60 Å². The van der Waals surface area contributed by atoms with Crippen LogP contribution >= 0.6 is 0 Å². The molecule has 21 heavy (non-hydrogen) atoms. The predicted molar refractivity (Wildman–Crippen MR) is 81.5 cm³/mol. The minimum atomic E-state index is -0.772. The third kappa shape index (κ3) is 3.00. The van der Waals surface area contributed by atoms with Gasteiger partial charge in [-0.3, -0.25) is 4.79 Å². The van der Waals surface area contributed by atoms with E-state index >= 15 is 0 Å². The van der Waals surface area contributed by atoms with Crippen LogP contribution in [0.2, 0.25) is 0 Å². The SMILES string of the molecule is CC1(O)CCCN(C(=O)c2cccc(-n3cccc3)c2)C1. The molecular weight excluding hydrogens is 264 g/mol. The van der Waals surface area contributed by atoms with E-state index in [-0.39, 0.29) is 5.91 Å². The molecule has 0 saturated carbocycles. The summed E-state index contributed by atoms with van der Waals surface area (Å²) in [4.78, 5) is 14.4. The van der Waals surface area contributed by atoms with E-state index in [1.807, 2.05) is 53.4 Å². The van der Waals surface area contributed by atoms with E-state index in [2.05, 4.69) is 0 Å². The largest absolute Gasteiger partial charge is 0.388 e. The highest BCUT2D eigenvalue weighted by atomic mass is 16.3. The van der Waals surface area contributed by atoms with Gasteiger partial charge in [0.05, 0.1) is 5.60 Å². The van der Waals surface area contributed by atoms with Crippen LogP contribution in [0.15, 0.2) is 48.8 Å². The van der Waals surface area contributed by atoms with Gasteiger partial charge in [0.1, 0.15) is 0 Å². The van der Waals surface area contributed by atoms with Crippen LogP contribution in [0.5, 0.6) is 0 Å². The van der Waals surface area contributed by atoms with E-state index in [1.54, 1.807) is 11.8 Å². The molecule has 2 heterocycles. The fraction of sp³-hybridized carbons (Fsp3) is 0.353. The third-order valence-electron chi connectivity index (χ3n) is 3.96. The molecule has 0 radical (unpaired) electrons. The summed E-state index contributed by atoms with van der Waals surface area (Å²) in [6.45, 7) is 2.91. The molecule has 4 nitrogen and oxygen atoms in total. The molecular formula is C17H20N2O2. The summed E-state index contributed by atoms with van der Waals surface area (Å²) >= 11 is 0. The molecule has 1 aliphatic heterocycles. The number of nitrogens with zero attached hydrogens (tertiary/aromatic N) is 2. The molecule has 1 N–H and O–H groups in total. The van der Waals surface area contributed by atoms with Crippen molar-refractivity contribution >= 4 is 5.91 Å². The molecule has 0 spiro atoms. The second-order valence-corrected chi connectivity index (χ2v) is 5.97. The highest BCUT2D eigenvalue weighted by molar-refractivity contribution is 5.94. The van der Waals surface area contributed by atoms with Gasteiger partial charge in [-0.1, -0.05) is 6.07 Å². The number of hydrogen-bond acceptors (Lipinski definition) is 2. The monoisotopic (exact) mass is 284 g/mol. The van der Waals surface area contributed by atoms with E-state index in [0.717, 1.165) is 18.5 Å². The zero-order valence-electron chi connectivity index (χ0n) is 12.2. The molecule has 0 aliphatic carbocycles.